The Bertz CT molecular complexity index is 1110. The molecule has 2 heterocycles. The summed E-state index contributed by atoms with van der Waals surface area (Å²) in [5.74, 6) is 0.836. The molecule has 1 N–H and O–H groups in total. The van der Waals surface area contributed by atoms with E-state index in [1.807, 2.05) is 0 Å². The molecule has 0 spiro atoms. The van der Waals surface area contributed by atoms with Crippen molar-refractivity contribution in [3.05, 3.63) is 82.4 Å². The van der Waals surface area contributed by atoms with E-state index < -0.39 is 0 Å². The number of aliphatic hydroxyl groups excluding tert-OH is 1. The third-order valence-electron chi connectivity index (χ3n) is 6.33. The maximum atomic E-state index is 12.7. The summed E-state index contributed by atoms with van der Waals surface area (Å²) in [6.07, 6.45) is 6.25. The average Bonchev–Trinajstić information content (AvgIpc) is 3.55. The number of amides is 1. The van der Waals surface area contributed by atoms with Gasteiger partial charge in [-0.25, -0.2) is 9.97 Å². The second-order valence-electron chi connectivity index (χ2n) is 8.39. The van der Waals surface area contributed by atoms with Crippen molar-refractivity contribution in [1.82, 2.24) is 14.9 Å². The Kier molecular flexibility index (Phi) is 5.47. The summed E-state index contributed by atoms with van der Waals surface area (Å²) >= 11 is 5.83. The van der Waals surface area contributed by atoms with Gasteiger partial charge < -0.3 is 10.0 Å². The molecule has 5 nitrogen and oxygen atoms in total. The zero-order valence-corrected chi connectivity index (χ0v) is 17.9. The Labute approximate surface area is 186 Å². The van der Waals surface area contributed by atoms with Crippen molar-refractivity contribution in [1.29, 1.82) is 0 Å². The Hall–Kier alpha value is -2.76. The Morgan fingerprint density at radius 3 is 2.55 bits per heavy atom. The third kappa shape index (κ3) is 4.08. The quantitative estimate of drug-likeness (QED) is 0.627. The van der Waals surface area contributed by atoms with Crippen molar-refractivity contribution in [3.63, 3.8) is 0 Å². The fraction of sp³-hybridized carbons (Fsp3) is 0.320. The molecule has 1 aliphatic heterocycles. The second kappa shape index (κ2) is 8.40. The molecule has 2 fully saturated rings. The monoisotopic (exact) mass is 433 g/mol. The summed E-state index contributed by atoms with van der Waals surface area (Å²) in [4.78, 5) is 22.6. The van der Waals surface area contributed by atoms with Crippen LogP contribution in [0.15, 0.2) is 54.9 Å². The summed E-state index contributed by atoms with van der Waals surface area (Å²) < 4.78 is 0. The van der Waals surface area contributed by atoms with Gasteiger partial charge in [0.2, 0.25) is 5.82 Å². The minimum Gasteiger partial charge on any atom is -0.392 e. The van der Waals surface area contributed by atoms with E-state index in [4.69, 9.17) is 11.6 Å². The van der Waals surface area contributed by atoms with Crippen molar-refractivity contribution in [2.24, 2.45) is 0 Å². The summed E-state index contributed by atoms with van der Waals surface area (Å²) in [5, 5.41) is 10.5. The van der Waals surface area contributed by atoms with Gasteiger partial charge in [-0.05, 0) is 59.1 Å². The highest BCUT2D eigenvalue weighted by atomic mass is 35.5. The second-order valence-corrected chi connectivity index (χ2v) is 8.83. The number of hydrogen-bond acceptors (Lipinski definition) is 4. The van der Waals surface area contributed by atoms with Crippen molar-refractivity contribution < 1.29 is 9.90 Å². The lowest BCUT2D eigenvalue weighted by molar-refractivity contribution is 0.0778. The number of nitrogens with zero attached hydrogens (tertiary/aromatic N) is 3. The van der Waals surface area contributed by atoms with Gasteiger partial charge in [0.15, 0.2) is 0 Å². The maximum Gasteiger partial charge on any atom is 0.291 e. The van der Waals surface area contributed by atoms with E-state index in [1.165, 1.54) is 36.4 Å². The first-order valence-electron chi connectivity index (χ1n) is 10.7. The molecule has 1 saturated carbocycles. The summed E-state index contributed by atoms with van der Waals surface area (Å²) in [7, 11) is 0. The number of halogens is 1. The van der Waals surface area contributed by atoms with Crippen molar-refractivity contribution in [2.75, 3.05) is 13.1 Å². The molecule has 5 rings (SSSR count). The van der Waals surface area contributed by atoms with Gasteiger partial charge in [0.25, 0.3) is 5.91 Å². The van der Waals surface area contributed by atoms with E-state index >= 15 is 0 Å². The number of likely N-dealkylation sites (tertiary alicyclic amines) is 1. The van der Waals surface area contributed by atoms with Crippen LogP contribution in [0.2, 0.25) is 5.02 Å². The molecule has 2 aromatic carbocycles. The van der Waals surface area contributed by atoms with Gasteiger partial charge in [-0.1, -0.05) is 48.0 Å². The highest BCUT2D eigenvalue weighted by molar-refractivity contribution is 6.30. The predicted molar refractivity (Wildman–Crippen MR) is 120 cm³/mol. The molecular weight excluding hydrogens is 410 g/mol. The van der Waals surface area contributed by atoms with E-state index in [0.717, 1.165) is 23.1 Å². The third-order valence-corrected chi connectivity index (χ3v) is 6.52. The molecule has 3 aromatic rings. The molecular formula is C25H24ClN3O2. The highest BCUT2D eigenvalue weighted by Crippen LogP contribution is 2.44. The van der Waals surface area contributed by atoms with Gasteiger partial charge in [0, 0.05) is 31.4 Å². The lowest BCUT2D eigenvalue weighted by Crippen LogP contribution is -2.30. The first-order valence-corrected chi connectivity index (χ1v) is 11.1. The van der Waals surface area contributed by atoms with Gasteiger partial charge in [-0.3, -0.25) is 4.79 Å². The van der Waals surface area contributed by atoms with Gasteiger partial charge in [-0.15, -0.1) is 0 Å². The molecule has 1 unspecified atom stereocenters. The smallest absolute Gasteiger partial charge is 0.291 e. The Balaban J connectivity index is 1.37. The minimum atomic E-state index is -0.181. The van der Waals surface area contributed by atoms with Crippen LogP contribution in [0.1, 0.15) is 58.4 Å². The number of carbonyl (C=O) groups is 1. The predicted octanol–water partition coefficient (Wildman–Crippen LogP) is 4.80. The SMILES string of the molecule is O=C(c1ncc(Cl)cn1)N1CCC(c2ccc(-c3ccccc3C3CC3)cc2CO)C1. The van der Waals surface area contributed by atoms with Crippen LogP contribution in [-0.2, 0) is 6.61 Å². The number of aliphatic hydroxyl groups is 1. The molecule has 0 radical (unpaired) electrons. The van der Waals surface area contributed by atoms with Gasteiger partial charge >= 0.3 is 0 Å². The minimum absolute atomic E-state index is 0.0144. The number of hydrogen-bond donors (Lipinski definition) is 1. The number of carbonyl (C=O) groups excluding carboxylic acids is 1. The standard InChI is InChI=1S/C25H24ClN3O2/c26-20-12-27-24(28-13-20)25(31)29-10-9-18(14-29)21-8-7-17(11-19(21)15-30)23-4-2-1-3-22(23)16-5-6-16/h1-4,7-8,11-13,16,18,30H,5-6,9-10,14-15H2. The molecule has 1 amide bonds. The maximum absolute atomic E-state index is 12.7. The van der Waals surface area contributed by atoms with Crippen LogP contribution in [-0.4, -0.2) is 39.0 Å². The van der Waals surface area contributed by atoms with Crippen LogP contribution in [0.3, 0.4) is 0 Å². The Morgan fingerprint density at radius 2 is 1.81 bits per heavy atom. The van der Waals surface area contributed by atoms with Crippen LogP contribution in [0, 0.1) is 0 Å². The largest absolute Gasteiger partial charge is 0.392 e. The molecule has 0 bridgehead atoms. The van der Waals surface area contributed by atoms with Crippen molar-refractivity contribution in [2.45, 2.75) is 37.7 Å². The average molecular weight is 434 g/mol. The molecule has 1 saturated heterocycles. The normalized spacial score (nSPS) is 18.4. The van der Waals surface area contributed by atoms with Crippen molar-refractivity contribution >= 4 is 17.5 Å². The van der Waals surface area contributed by atoms with Crippen LogP contribution in [0.25, 0.3) is 11.1 Å². The summed E-state index contributed by atoms with van der Waals surface area (Å²) in [5.41, 5.74) is 5.86. The molecule has 6 heteroatoms. The summed E-state index contributed by atoms with van der Waals surface area (Å²) in [6, 6.07) is 15.0. The lowest BCUT2D eigenvalue weighted by Gasteiger charge is -2.18. The van der Waals surface area contributed by atoms with Gasteiger partial charge in [0.05, 0.1) is 11.6 Å². The fourth-order valence-electron chi connectivity index (χ4n) is 4.58. The summed E-state index contributed by atoms with van der Waals surface area (Å²) in [6.45, 7) is 1.22. The van der Waals surface area contributed by atoms with E-state index in [2.05, 4.69) is 52.4 Å². The molecule has 2 aliphatic rings. The molecule has 1 atom stereocenters. The molecule has 1 aliphatic carbocycles. The number of benzene rings is 2. The Morgan fingerprint density at radius 1 is 1.03 bits per heavy atom. The molecule has 1 aromatic heterocycles. The zero-order chi connectivity index (χ0) is 21.4. The molecule has 158 valence electrons. The van der Waals surface area contributed by atoms with E-state index in [9.17, 15) is 9.90 Å². The van der Waals surface area contributed by atoms with Crippen LogP contribution >= 0.6 is 11.6 Å². The lowest BCUT2D eigenvalue weighted by atomic mass is 9.89. The number of rotatable bonds is 5. The van der Waals surface area contributed by atoms with Crippen LogP contribution in [0.4, 0.5) is 0 Å². The zero-order valence-electron chi connectivity index (χ0n) is 17.2. The van der Waals surface area contributed by atoms with Crippen molar-refractivity contribution in [3.8, 4) is 11.1 Å². The number of aromatic nitrogens is 2. The first kappa shape index (κ1) is 20.2. The van der Waals surface area contributed by atoms with E-state index in [0.29, 0.717) is 24.0 Å². The van der Waals surface area contributed by atoms with Gasteiger partial charge in [0.1, 0.15) is 0 Å². The van der Waals surface area contributed by atoms with Gasteiger partial charge in [-0.2, -0.15) is 0 Å². The fourth-order valence-corrected chi connectivity index (χ4v) is 4.68. The van der Waals surface area contributed by atoms with E-state index in [1.54, 1.807) is 4.90 Å². The highest BCUT2D eigenvalue weighted by Gasteiger charge is 2.31. The van der Waals surface area contributed by atoms with Crippen LogP contribution < -0.4 is 0 Å². The van der Waals surface area contributed by atoms with Crippen LogP contribution in [0.5, 0.6) is 0 Å². The molecule has 31 heavy (non-hydrogen) atoms. The topological polar surface area (TPSA) is 66.3 Å². The van der Waals surface area contributed by atoms with E-state index in [-0.39, 0.29) is 24.3 Å². The first-order chi connectivity index (χ1) is 15.1.